The lowest BCUT2D eigenvalue weighted by atomic mass is 9.93. The van der Waals surface area contributed by atoms with Crippen LogP contribution in [0, 0.1) is 5.92 Å². The van der Waals surface area contributed by atoms with Crippen molar-refractivity contribution >= 4 is 24.4 Å². The Kier molecular flexibility index (Phi) is 6.46. The third kappa shape index (κ3) is 4.53. The van der Waals surface area contributed by atoms with E-state index >= 15 is 0 Å². The third-order valence-electron chi connectivity index (χ3n) is 5.49. The number of thiol groups is 1. The lowest BCUT2D eigenvalue weighted by Crippen LogP contribution is -2.53. The summed E-state index contributed by atoms with van der Waals surface area (Å²) < 4.78 is 6.24. The summed E-state index contributed by atoms with van der Waals surface area (Å²) in [6, 6.07) is 9.67. The number of nitrogens with zero attached hydrogens (tertiary/aromatic N) is 1. The summed E-state index contributed by atoms with van der Waals surface area (Å²) in [5.74, 6) is 1.52. The summed E-state index contributed by atoms with van der Waals surface area (Å²) in [5.41, 5.74) is -0.700. The van der Waals surface area contributed by atoms with Crippen molar-refractivity contribution in [3.05, 3.63) is 30.3 Å². The molecule has 0 bridgehead atoms. The maximum atomic E-state index is 13.3. The van der Waals surface area contributed by atoms with Crippen LogP contribution in [-0.2, 0) is 9.59 Å². The second-order valence-corrected chi connectivity index (χ2v) is 7.63. The van der Waals surface area contributed by atoms with Gasteiger partial charge in [-0.2, -0.15) is 12.6 Å². The number of hydrogen-bond donors (Lipinski definition) is 2. The molecule has 142 valence electrons. The van der Waals surface area contributed by atoms with Gasteiger partial charge in [0.25, 0.3) is 5.91 Å². The molecule has 26 heavy (non-hydrogen) atoms. The maximum absolute atomic E-state index is 13.3. The van der Waals surface area contributed by atoms with Gasteiger partial charge in [0, 0.05) is 19.6 Å². The Hall–Kier alpha value is -1.69. The first-order valence-corrected chi connectivity index (χ1v) is 10.2. The molecule has 1 aromatic carbocycles. The summed E-state index contributed by atoms with van der Waals surface area (Å²) in [6.07, 6.45) is 5.48. The lowest BCUT2D eigenvalue weighted by molar-refractivity contribution is -0.149. The molecule has 1 saturated heterocycles. The standard InChI is InChI=1S/C20H28N2O3S/c23-18(15-26)21-14-16-8-12-22(13-9-16)19(24)20(10-4-5-11-20)25-17-6-2-1-3-7-17/h1-3,6-7,16,26H,4-5,8-15H2,(H,21,23). The molecule has 2 fully saturated rings. The van der Waals surface area contributed by atoms with Crippen molar-refractivity contribution in [2.75, 3.05) is 25.4 Å². The van der Waals surface area contributed by atoms with Crippen molar-refractivity contribution in [2.24, 2.45) is 5.92 Å². The van der Waals surface area contributed by atoms with Crippen molar-refractivity contribution in [2.45, 2.75) is 44.1 Å². The Labute approximate surface area is 160 Å². The zero-order valence-corrected chi connectivity index (χ0v) is 16.0. The first-order chi connectivity index (χ1) is 12.6. The molecule has 1 saturated carbocycles. The number of benzene rings is 1. The number of para-hydroxylation sites is 1. The fraction of sp³-hybridized carbons (Fsp3) is 0.600. The molecule has 5 nitrogen and oxygen atoms in total. The predicted molar refractivity (Wildman–Crippen MR) is 104 cm³/mol. The van der Waals surface area contributed by atoms with Crippen molar-refractivity contribution in [1.29, 1.82) is 0 Å². The number of rotatable bonds is 6. The average molecular weight is 377 g/mol. The second-order valence-electron chi connectivity index (χ2n) is 7.31. The van der Waals surface area contributed by atoms with E-state index in [0.29, 0.717) is 12.5 Å². The van der Waals surface area contributed by atoms with E-state index < -0.39 is 5.60 Å². The fourth-order valence-electron chi connectivity index (χ4n) is 3.96. The van der Waals surface area contributed by atoms with Gasteiger partial charge in [0.1, 0.15) is 5.75 Å². The summed E-state index contributed by atoms with van der Waals surface area (Å²) in [4.78, 5) is 26.6. The highest BCUT2D eigenvalue weighted by molar-refractivity contribution is 7.81. The molecule has 2 amide bonds. The highest BCUT2D eigenvalue weighted by atomic mass is 32.1. The Balaban J connectivity index is 1.58. The molecule has 0 aromatic heterocycles. The van der Waals surface area contributed by atoms with E-state index in [2.05, 4.69) is 17.9 Å². The van der Waals surface area contributed by atoms with Crippen LogP contribution in [0.1, 0.15) is 38.5 Å². The van der Waals surface area contributed by atoms with E-state index in [1.54, 1.807) is 0 Å². The first kappa shape index (κ1) is 19.1. The van der Waals surface area contributed by atoms with Crippen LogP contribution < -0.4 is 10.1 Å². The van der Waals surface area contributed by atoms with Gasteiger partial charge in [-0.1, -0.05) is 18.2 Å². The molecule has 0 spiro atoms. The second kappa shape index (κ2) is 8.80. The number of carbonyl (C=O) groups excluding carboxylic acids is 2. The van der Waals surface area contributed by atoms with Gasteiger partial charge in [-0.3, -0.25) is 9.59 Å². The largest absolute Gasteiger partial charge is 0.477 e. The van der Waals surface area contributed by atoms with Crippen LogP contribution in [0.5, 0.6) is 5.75 Å². The minimum atomic E-state index is -0.700. The molecule has 1 aromatic rings. The summed E-state index contributed by atoms with van der Waals surface area (Å²) in [7, 11) is 0. The molecule has 3 rings (SSSR count). The van der Waals surface area contributed by atoms with Crippen LogP contribution in [0.3, 0.4) is 0 Å². The topological polar surface area (TPSA) is 58.6 Å². The van der Waals surface area contributed by atoms with Gasteiger partial charge in [-0.15, -0.1) is 0 Å². The molecule has 1 aliphatic heterocycles. The number of amides is 2. The number of carbonyl (C=O) groups is 2. The smallest absolute Gasteiger partial charge is 0.266 e. The molecule has 6 heteroatoms. The van der Waals surface area contributed by atoms with E-state index in [1.165, 1.54) is 0 Å². The monoisotopic (exact) mass is 376 g/mol. The van der Waals surface area contributed by atoms with Crippen molar-refractivity contribution in [3.63, 3.8) is 0 Å². The normalized spacial score (nSPS) is 20.0. The predicted octanol–water partition coefficient (Wildman–Crippen LogP) is 2.66. The Morgan fingerprint density at radius 3 is 2.42 bits per heavy atom. The van der Waals surface area contributed by atoms with Crippen LogP contribution >= 0.6 is 12.6 Å². The highest BCUT2D eigenvalue weighted by Gasteiger charge is 2.46. The molecular weight excluding hydrogens is 348 g/mol. The van der Waals surface area contributed by atoms with Gasteiger partial charge >= 0.3 is 0 Å². The van der Waals surface area contributed by atoms with Gasteiger partial charge in [-0.25, -0.2) is 0 Å². The van der Waals surface area contributed by atoms with Gasteiger partial charge in [-0.05, 0) is 56.6 Å². The Morgan fingerprint density at radius 1 is 1.15 bits per heavy atom. The van der Waals surface area contributed by atoms with Crippen LogP contribution in [0.2, 0.25) is 0 Å². The minimum absolute atomic E-state index is 0.0343. The number of piperidine rings is 1. The van der Waals surface area contributed by atoms with E-state index in [4.69, 9.17) is 4.74 Å². The van der Waals surface area contributed by atoms with Gasteiger partial charge in [0.2, 0.25) is 5.91 Å². The molecule has 0 atom stereocenters. The summed E-state index contributed by atoms with van der Waals surface area (Å²) in [5, 5.41) is 2.90. The van der Waals surface area contributed by atoms with Gasteiger partial charge < -0.3 is 15.0 Å². The lowest BCUT2D eigenvalue weighted by Gasteiger charge is -2.38. The van der Waals surface area contributed by atoms with E-state index in [-0.39, 0.29) is 17.6 Å². The molecule has 0 unspecified atom stereocenters. The van der Waals surface area contributed by atoms with Crippen LogP contribution in [0.15, 0.2) is 30.3 Å². The van der Waals surface area contributed by atoms with Crippen LogP contribution in [0.25, 0.3) is 0 Å². The zero-order valence-electron chi connectivity index (χ0n) is 15.2. The zero-order chi connectivity index (χ0) is 18.4. The maximum Gasteiger partial charge on any atom is 0.266 e. The Bertz CT molecular complexity index is 609. The number of likely N-dealkylation sites (tertiary alicyclic amines) is 1. The summed E-state index contributed by atoms with van der Waals surface area (Å²) in [6.45, 7) is 2.15. The minimum Gasteiger partial charge on any atom is -0.477 e. The number of nitrogens with one attached hydrogen (secondary N) is 1. The van der Waals surface area contributed by atoms with Crippen molar-refractivity contribution in [1.82, 2.24) is 10.2 Å². The molecule has 1 N–H and O–H groups in total. The van der Waals surface area contributed by atoms with E-state index in [1.807, 2.05) is 35.2 Å². The number of hydrogen-bond acceptors (Lipinski definition) is 4. The van der Waals surface area contributed by atoms with Crippen LogP contribution in [-0.4, -0.2) is 47.7 Å². The van der Waals surface area contributed by atoms with E-state index in [9.17, 15) is 9.59 Å². The van der Waals surface area contributed by atoms with E-state index in [0.717, 1.165) is 57.4 Å². The van der Waals surface area contributed by atoms with Gasteiger partial charge in [0.15, 0.2) is 5.60 Å². The molecular formula is C20H28N2O3S. The SMILES string of the molecule is O=C(CS)NCC1CCN(C(=O)C2(Oc3ccccc3)CCCC2)CC1. The summed E-state index contributed by atoms with van der Waals surface area (Å²) >= 11 is 3.98. The van der Waals surface area contributed by atoms with Crippen molar-refractivity contribution < 1.29 is 14.3 Å². The van der Waals surface area contributed by atoms with Gasteiger partial charge in [0.05, 0.1) is 5.75 Å². The number of ether oxygens (including phenoxy) is 1. The first-order valence-electron chi connectivity index (χ1n) is 9.54. The molecule has 1 aliphatic carbocycles. The van der Waals surface area contributed by atoms with Crippen molar-refractivity contribution in [3.8, 4) is 5.75 Å². The van der Waals surface area contributed by atoms with Crippen LogP contribution in [0.4, 0.5) is 0 Å². The molecule has 2 aliphatic rings. The quantitative estimate of drug-likeness (QED) is 0.751. The third-order valence-corrected chi connectivity index (χ3v) is 5.78. The Morgan fingerprint density at radius 2 is 1.81 bits per heavy atom. The highest BCUT2D eigenvalue weighted by Crippen LogP contribution is 2.37. The molecule has 1 heterocycles. The average Bonchev–Trinajstić information content (AvgIpc) is 3.16. The molecule has 0 radical (unpaired) electrons. The fourth-order valence-corrected chi connectivity index (χ4v) is 4.07.